The Balaban J connectivity index is 2.23. The van der Waals surface area contributed by atoms with E-state index in [-0.39, 0.29) is 0 Å². The number of nitrogens with zero attached hydrogens (tertiary/aromatic N) is 1. The summed E-state index contributed by atoms with van der Waals surface area (Å²) in [5.74, 6) is -8.12. The zero-order valence-electron chi connectivity index (χ0n) is 14.2. The van der Waals surface area contributed by atoms with Gasteiger partial charge in [-0.1, -0.05) is 13.8 Å². The number of rotatable bonds is 5. The van der Waals surface area contributed by atoms with E-state index in [0.29, 0.717) is 0 Å². The first-order valence-electron chi connectivity index (χ1n) is 7.45. The Hall–Kier alpha value is -2.14. The second kappa shape index (κ2) is 6.30. The number of hydrogen-bond acceptors (Lipinski definition) is 4. The molecule has 0 aliphatic heterocycles. The molecule has 0 spiro atoms. The van der Waals surface area contributed by atoms with Gasteiger partial charge in [-0.25, -0.2) is 17.6 Å². The van der Waals surface area contributed by atoms with Crippen molar-refractivity contribution < 1.29 is 31.8 Å². The van der Waals surface area contributed by atoms with Crippen LogP contribution in [0.3, 0.4) is 0 Å². The summed E-state index contributed by atoms with van der Waals surface area (Å²) in [6.07, 6.45) is 0. The van der Waals surface area contributed by atoms with Crippen molar-refractivity contribution in [3.63, 3.8) is 0 Å². The number of carbonyl (C=O) groups is 1. The largest absolute Gasteiger partial charge is 0.460 e. The summed E-state index contributed by atoms with van der Waals surface area (Å²) in [6.45, 7) is 3.30. The van der Waals surface area contributed by atoms with Crippen LogP contribution in [-0.2, 0) is 27.5 Å². The first-order chi connectivity index (χ1) is 11.5. The maximum atomic E-state index is 14.0. The van der Waals surface area contributed by atoms with Crippen molar-refractivity contribution in [1.82, 2.24) is 0 Å². The van der Waals surface area contributed by atoms with Gasteiger partial charge in [0, 0.05) is 7.11 Å². The van der Waals surface area contributed by atoms with Gasteiger partial charge in [0.1, 0.15) is 6.61 Å². The van der Waals surface area contributed by atoms with E-state index < -0.39 is 70.3 Å². The second-order valence-corrected chi connectivity index (χ2v) is 6.72. The van der Waals surface area contributed by atoms with E-state index in [1.807, 2.05) is 6.07 Å². The molecule has 1 fully saturated rings. The monoisotopic (exact) mass is 359 g/mol. The van der Waals surface area contributed by atoms with Crippen LogP contribution in [0.4, 0.5) is 17.6 Å². The van der Waals surface area contributed by atoms with Crippen LogP contribution in [0.25, 0.3) is 0 Å². The third kappa shape index (κ3) is 2.76. The summed E-state index contributed by atoms with van der Waals surface area (Å²) >= 11 is 0. The quantitative estimate of drug-likeness (QED) is 0.458. The molecule has 2 rings (SSSR count). The SMILES string of the molecule is COCc1c(F)c(F)c(COC(=O)[C@H]2C(C)(C)[C@@]2(C)C#N)c(F)c1F. The summed E-state index contributed by atoms with van der Waals surface area (Å²) in [5, 5.41) is 9.16. The molecule has 0 unspecified atom stereocenters. The number of nitriles is 1. The molecule has 0 heterocycles. The molecule has 136 valence electrons. The van der Waals surface area contributed by atoms with Crippen molar-refractivity contribution in [1.29, 1.82) is 5.26 Å². The van der Waals surface area contributed by atoms with E-state index in [4.69, 9.17) is 10.00 Å². The van der Waals surface area contributed by atoms with Gasteiger partial charge >= 0.3 is 5.97 Å². The fraction of sp³-hybridized carbons (Fsp3) is 0.529. The van der Waals surface area contributed by atoms with Crippen molar-refractivity contribution in [2.45, 2.75) is 34.0 Å². The van der Waals surface area contributed by atoms with E-state index in [1.165, 1.54) is 0 Å². The third-order valence-corrected chi connectivity index (χ3v) is 5.11. The van der Waals surface area contributed by atoms with Crippen molar-refractivity contribution in [2.75, 3.05) is 7.11 Å². The molecule has 1 saturated carbocycles. The molecule has 8 heteroatoms. The number of benzene rings is 1. The van der Waals surface area contributed by atoms with Gasteiger partial charge in [0.25, 0.3) is 0 Å². The molecule has 0 saturated heterocycles. The average molecular weight is 359 g/mol. The van der Waals surface area contributed by atoms with Gasteiger partial charge in [-0.3, -0.25) is 4.79 Å². The molecule has 1 aromatic carbocycles. The molecule has 0 amide bonds. The lowest BCUT2D eigenvalue weighted by Gasteiger charge is -2.12. The Bertz CT molecular complexity index is 743. The average Bonchev–Trinajstić information content (AvgIpc) is 3.02. The van der Waals surface area contributed by atoms with Crippen LogP contribution >= 0.6 is 0 Å². The standard InChI is InChI=1S/C17H17F4NO3/c1-16(2)14(17(16,3)7-22)15(23)25-6-9-12(20)10(18)8(5-24-4)11(19)13(9)21/h14H,5-6H2,1-4H3/t14-,17-/m0/s1. The zero-order valence-corrected chi connectivity index (χ0v) is 14.2. The molecule has 0 bridgehead atoms. The van der Waals surface area contributed by atoms with Crippen molar-refractivity contribution in [2.24, 2.45) is 16.7 Å². The molecule has 0 radical (unpaired) electrons. The number of ether oxygens (including phenoxy) is 2. The molecule has 0 N–H and O–H groups in total. The highest BCUT2D eigenvalue weighted by atomic mass is 19.2. The maximum Gasteiger partial charge on any atom is 0.311 e. The Morgan fingerprint density at radius 1 is 1.04 bits per heavy atom. The van der Waals surface area contributed by atoms with Crippen LogP contribution in [0.15, 0.2) is 0 Å². The summed E-state index contributed by atoms with van der Waals surface area (Å²) in [7, 11) is 1.12. The van der Waals surface area contributed by atoms with Crippen LogP contribution in [0.2, 0.25) is 0 Å². The number of methoxy groups -OCH3 is 1. The summed E-state index contributed by atoms with van der Waals surface area (Å²) in [5.41, 5.74) is -3.55. The second-order valence-electron chi connectivity index (χ2n) is 6.72. The van der Waals surface area contributed by atoms with Gasteiger partial charge in [0.15, 0.2) is 23.3 Å². The van der Waals surface area contributed by atoms with Crippen LogP contribution < -0.4 is 0 Å². The van der Waals surface area contributed by atoms with Gasteiger partial charge < -0.3 is 9.47 Å². The molecule has 1 aliphatic rings. The van der Waals surface area contributed by atoms with Crippen molar-refractivity contribution >= 4 is 5.97 Å². The fourth-order valence-corrected chi connectivity index (χ4v) is 3.07. The number of halogens is 4. The third-order valence-electron chi connectivity index (χ3n) is 5.11. The lowest BCUT2D eigenvalue weighted by molar-refractivity contribution is -0.148. The Labute approximate surface area is 142 Å². The molecule has 25 heavy (non-hydrogen) atoms. The predicted molar refractivity (Wildman–Crippen MR) is 77.8 cm³/mol. The summed E-state index contributed by atoms with van der Waals surface area (Å²) in [6, 6.07) is 2.01. The lowest BCUT2D eigenvalue weighted by Crippen LogP contribution is -2.15. The van der Waals surface area contributed by atoms with E-state index >= 15 is 0 Å². The molecule has 1 aromatic rings. The molecule has 4 nitrogen and oxygen atoms in total. The minimum absolute atomic E-state index is 0.650. The van der Waals surface area contributed by atoms with Gasteiger partial charge in [-0.05, 0) is 12.3 Å². The van der Waals surface area contributed by atoms with Gasteiger partial charge in [0.2, 0.25) is 0 Å². The maximum absolute atomic E-state index is 14.0. The highest BCUT2D eigenvalue weighted by molar-refractivity contribution is 5.80. The Morgan fingerprint density at radius 3 is 1.84 bits per heavy atom. The molecule has 2 atom stereocenters. The number of hydrogen-bond donors (Lipinski definition) is 0. The normalized spacial score (nSPS) is 23.9. The van der Waals surface area contributed by atoms with Crippen molar-refractivity contribution in [3.8, 4) is 6.07 Å². The number of esters is 1. The summed E-state index contributed by atoms with van der Waals surface area (Å²) in [4.78, 5) is 12.1. The molecule has 1 aliphatic carbocycles. The van der Waals surface area contributed by atoms with E-state index in [0.717, 1.165) is 7.11 Å². The Morgan fingerprint density at radius 2 is 1.48 bits per heavy atom. The van der Waals surface area contributed by atoms with Crippen LogP contribution in [0, 0.1) is 51.3 Å². The Kier molecular flexibility index (Phi) is 4.83. The first-order valence-corrected chi connectivity index (χ1v) is 7.45. The van der Waals surface area contributed by atoms with Crippen molar-refractivity contribution in [3.05, 3.63) is 34.4 Å². The smallest absolute Gasteiger partial charge is 0.311 e. The lowest BCUT2D eigenvalue weighted by atomic mass is 10.0. The van der Waals surface area contributed by atoms with Crippen LogP contribution in [0.1, 0.15) is 31.9 Å². The topological polar surface area (TPSA) is 59.3 Å². The van der Waals surface area contributed by atoms with Gasteiger partial charge in [0.05, 0.1) is 35.1 Å². The minimum atomic E-state index is -1.64. The minimum Gasteiger partial charge on any atom is -0.460 e. The molecular formula is C17H17F4NO3. The van der Waals surface area contributed by atoms with Crippen LogP contribution in [-0.4, -0.2) is 13.1 Å². The molecular weight excluding hydrogens is 342 g/mol. The van der Waals surface area contributed by atoms with E-state index in [1.54, 1.807) is 20.8 Å². The van der Waals surface area contributed by atoms with Gasteiger partial charge in [-0.2, -0.15) is 5.26 Å². The van der Waals surface area contributed by atoms with E-state index in [2.05, 4.69) is 4.74 Å². The zero-order chi connectivity index (χ0) is 19.2. The number of carbonyl (C=O) groups excluding carboxylic acids is 1. The highest BCUT2D eigenvalue weighted by Gasteiger charge is 2.73. The fourth-order valence-electron chi connectivity index (χ4n) is 3.07. The highest BCUT2D eigenvalue weighted by Crippen LogP contribution is 2.68. The van der Waals surface area contributed by atoms with Crippen LogP contribution in [0.5, 0.6) is 0 Å². The first kappa shape index (κ1) is 19.2. The van der Waals surface area contributed by atoms with E-state index in [9.17, 15) is 22.4 Å². The summed E-state index contributed by atoms with van der Waals surface area (Å²) < 4.78 is 65.0. The predicted octanol–water partition coefficient (Wildman–Crippen LogP) is 3.62. The van der Waals surface area contributed by atoms with Gasteiger partial charge in [-0.15, -0.1) is 0 Å². The molecule has 0 aromatic heterocycles.